The van der Waals surface area contributed by atoms with Crippen molar-refractivity contribution in [2.75, 3.05) is 24.3 Å². The van der Waals surface area contributed by atoms with Crippen LogP contribution in [0.4, 0.5) is 16.2 Å². The molecule has 1 aromatic heterocycles. The van der Waals surface area contributed by atoms with Crippen LogP contribution in [0.3, 0.4) is 0 Å². The number of anilines is 2. The van der Waals surface area contributed by atoms with Crippen molar-refractivity contribution in [2.24, 2.45) is 5.92 Å². The molecule has 3 N–H and O–H groups in total. The number of hydrogen-bond acceptors (Lipinski definition) is 5. The fourth-order valence-corrected chi connectivity index (χ4v) is 4.71. The molecule has 3 aromatic rings. The molecule has 7 heteroatoms. The molecule has 2 fully saturated rings. The maximum atomic E-state index is 12.2. The zero-order valence-corrected chi connectivity index (χ0v) is 20.0. The summed E-state index contributed by atoms with van der Waals surface area (Å²) in [5.74, 6) is 1.33. The summed E-state index contributed by atoms with van der Waals surface area (Å²) < 4.78 is 19.3. The average Bonchev–Trinajstić information content (AvgIpc) is 3.47. The normalized spacial score (nSPS) is 18.9. The maximum Gasteiger partial charge on any atom is 0.411 e. The first-order chi connectivity index (χ1) is 16.4. The minimum Gasteiger partial charge on any atom is -0.488 e. The molecule has 34 heavy (non-hydrogen) atoms. The van der Waals surface area contributed by atoms with Gasteiger partial charge in [0.15, 0.2) is 0 Å². The Morgan fingerprint density at radius 2 is 1.88 bits per heavy atom. The van der Waals surface area contributed by atoms with Crippen LogP contribution < -0.4 is 15.8 Å². The Labute approximate surface area is 200 Å². The molecular formula is C27H33N3O4. The summed E-state index contributed by atoms with van der Waals surface area (Å²) in [6.45, 7) is 7.62. The van der Waals surface area contributed by atoms with Gasteiger partial charge in [-0.1, -0.05) is 12.1 Å². The molecule has 2 heterocycles. The zero-order valence-electron chi connectivity index (χ0n) is 20.0. The Hall–Kier alpha value is -3.19. The first-order valence-electron chi connectivity index (χ1n) is 12.2. The fourth-order valence-electron chi connectivity index (χ4n) is 4.71. The lowest BCUT2D eigenvalue weighted by Gasteiger charge is -2.17. The maximum absolute atomic E-state index is 12.2. The van der Waals surface area contributed by atoms with Crippen LogP contribution in [0.15, 0.2) is 42.5 Å². The standard InChI is InChI=1S/C27H33N3O4/c1-16(2)30-24-14-21(34-22-12-13-32-15-22)10-11-23(24)25(28)26(30)19-6-8-20(9-7-19)29-27(31)33-17(3)18-4-5-18/h6-11,14,16-18,22H,4-5,12-13,15,28H2,1-3H3,(H,29,31)/t17-,22-/m1/s1. The average molecular weight is 464 g/mol. The highest BCUT2D eigenvalue weighted by atomic mass is 16.6. The van der Waals surface area contributed by atoms with Crippen molar-refractivity contribution in [2.45, 2.75) is 58.3 Å². The Morgan fingerprint density at radius 1 is 1.12 bits per heavy atom. The van der Waals surface area contributed by atoms with Crippen LogP contribution in [0.25, 0.3) is 22.2 Å². The van der Waals surface area contributed by atoms with Gasteiger partial charge in [0.05, 0.1) is 30.1 Å². The number of nitrogen functional groups attached to an aromatic ring is 1. The van der Waals surface area contributed by atoms with Gasteiger partial charge in [0.1, 0.15) is 18.0 Å². The topological polar surface area (TPSA) is 87.7 Å². The van der Waals surface area contributed by atoms with E-state index in [2.05, 4.69) is 29.8 Å². The van der Waals surface area contributed by atoms with Crippen molar-refractivity contribution in [3.8, 4) is 17.0 Å². The van der Waals surface area contributed by atoms with Crippen LogP contribution in [-0.4, -0.2) is 36.1 Å². The molecule has 1 amide bonds. The molecule has 7 nitrogen and oxygen atoms in total. The highest BCUT2D eigenvalue weighted by Gasteiger charge is 2.30. The van der Waals surface area contributed by atoms with Crippen molar-refractivity contribution in [3.05, 3.63) is 42.5 Å². The molecule has 0 unspecified atom stereocenters. The number of nitrogens with one attached hydrogen (secondary N) is 1. The number of nitrogens with zero attached hydrogens (tertiary/aromatic N) is 1. The predicted octanol–water partition coefficient (Wildman–Crippen LogP) is 5.99. The third-order valence-corrected chi connectivity index (χ3v) is 6.71. The largest absolute Gasteiger partial charge is 0.488 e. The molecule has 0 spiro atoms. The van der Waals surface area contributed by atoms with Crippen LogP contribution in [0.1, 0.15) is 46.1 Å². The van der Waals surface area contributed by atoms with Gasteiger partial charge in [-0.15, -0.1) is 0 Å². The summed E-state index contributed by atoms with van der Waals surface area (Å²) in [5, 5.41) is 3.83. The van der Waals surface area contributed by atoms with E-state index in [1.165, 1.54) is 0 Å². The van der Waals surface area contributed by atoms with Crippen molar-refractivity contribution in [1.82, 2.24) is 4.57 Å². The number of aromatic nitrogens is 1. The van der Waals surface area contributed by atoms with E-state index in [0.717, 1.165) is 59.5 Å². The molecular weight excluding hydrogens is 430 g/mol. The summed E-state index contributed by atoms with van der Waals surface area (Å²) in [6, 6.07) is 14.0. The van der Waals surface area contributed by atoms with E-state index in [-0.39, 0.29) is 18.2 Å². The van der Waals surface area contributed by atoms with Gasteiger partial charge in [-0.25, -0.2) is 4.79 Å². The van der Waals surface area contributed by atoms with E-state index < -0.39 is 6.09 Å². The number of amides is 1. The zero-order chi connectivity index (χ0) is 23.8. The lowest BCUT2D eigenvalue weighted by molar-refractivity contribution is 0.108. The fraction of sp³-hybridized carbons (Fsp3) is 0.444. The smallest absolute Gasteiger partial charge is 0.411 e. The van der Waals surface area contributed by atoms with Crippen molar-refractivity contribution in [3.63, 3.8) is 0 Å². The van der Waals surface area contributed by atoms with Crippen molar-refractivity contribution < 1.29 is 19.0 Å². The number of carbonyl (C=O) groups is 1. The van der Waals surface area contributed by atoms with Crippen LogP contribution in [0, 0.1) is 5.92 Å². The second kappa shape index (κ2) is 9.22. The van der Waals surface area contributed by atoms with Crippen LogP contribution in [0.2, 0.25) is 0 Å². The van der Waals surface area contributed by atoms with Crippen LogP contribution >= 0.6 is 0 Å². The molecule has 2 aromatic carbocycles. The number of benzene rings is 2. The van der Waals surface area contributed by atoms with E-state index >= 15 is 0 Å². The third kappa shape index (κ3) is 4.57. The van der Waals surface area contributed by atoms with Crippen molar-refractivity contribution >= 4 is 28.4 Å². The summed E-state index contributed by atoms with van der Waals surface area (Å²) >= 11 is 0. The summed E-state index contributed by atoms with van der Waals surface area (Å²) in [5.41, 5.74) is 11.1. The van der Waals surface area contributed by atoms with Crippen molar-refractivity contribution in [1.29, 1.82) is 0 Å². The van der Waals surface area contributed by atoms with E-state index in [0.29, 0.717) is 18.2 Å². The van der Waals surface area contributed by atoms with Gasteiger partial charge in [0, 0.05) is 35.2 Å². The number of ether oxygens (including phenoxy) is 3. The first-order valence-corrected chi connectivity index (χ1v) is 12.2. The predicted molar refractivity (Wildman–Crippen MR) is 134 cm³/mol. The number of carbonyl (C=O) groups excluding carboxylic acids is 1. The monoisotopic (exact) mass is 463 g/mol. The number of rotatable bonds is 7. The Kier molecular flexibility index (Phi) is 6.13. The van der Waals surface area contributed by atoms with E-state index in [4.69, 9.17) is 19.9 Å². The SMILES string of the molecule is CC(C)n1c(-c2ccc(NC(=O)O[C@H](C)C3CC3)cc2)c(N)c2ccc(O[C@@H]3CCOC3)cc21. The Balaban J connectivity index is 1.41. The molecule has 5 rings (SSSR count). The summed E-state index contributed by atoms with van der Waals surface area (Å²) in [4.78, 5) is 12.2. The number of nitrogens with two attached hydrogens (primary N) is 1. The summed E-state index contributed by atoms with van der Waals surface area (Å²) in [6.07, 6.45) is 2.81. The Morgan fingerprint density at radius 3 is 2.53 bits per heavy atom. The lowest BCUT2D eigenvalue weighted by Crippen LogP contribution is -2.21. The van der Waals surface area contributed by atoms with Crippen LogP contribution in [-0.2, 0) is 9.47 Å². The minimum atomic E-state index is -0.414. The van der Waals surface area contributed by atoms with Gasteiger partial charge in [-0.05, 0) is 63.8 Å². The molecule has 1 saturated heterocycles. The van der Waals surface area contributed by atoms with Gasteiger partial charge in [0.2, 0.25) is 0 Å². The van der Waals surface area contributed by atoms with E-state index in [9.17, 15) is 4.79 Å². The minimum absolute atomic E-state index is 0.0455. The van der Waals surface area contributed by atoms with Gasteiger partial charge >= 0.3 is 6.09 Å². The molecule has 0 bridgehead atoms. The number of fused-ring (bicyclic) bond motifs is 1. The van der Waals surface area contributed by atoms with Gasteiger partial charge in [0.25, 0.3) is 0 Å². The highest BCUT2D eigenvalue weighted by Crippen LogP contribution is 2.40. The van der Waals surface area contributed by atoms with Gasteiger partial charge in [-0.2, -0.15) is 0 Å². The molecule has 0 radical (unpaired) electrons. The highest BCUT2D eigenvalue weighted by molar-refractivity contribution is 6.01. The van der Waals surface area contributed by atoms with Gasteiger partial charge in [-0.3, -0.25) is 5.32 Å². The first kappa shape index (κ1) is 22.6. The molecule has 180 valence electrons. The van der Waals surface area contributed by atoms with E-state index in [1.807, 2.05) is 43.3 Å². The molecule has 2 aliphatic rings. The summed E-state index contributed by atoms with van der Waals surface area (Å²) in [7, 11) is 0. The molecule has 1 aliphatic heterocycles. The lowest BCUT2D eigenvalue weighted by atomic mass is 10.1. The quantitative estimate of drug-likeness (QED) is 0.450. The second-order valence-electron chi connectivity index (χ2n) is 9.66. The second-order valence-corrected chi connectivity index (χ2v) is 9.66. The van der Waals surface area contributed by atoms with E-state index in [1.54, 1.807) is 0 Å². The van der Waals surface area contributed by atoms with Crippen LogP contribution in [0.5, 0.6) is 5.75 Å². The molecule has 1 aliphatic carbocycles. The third-order valence-electron chi connectivity index (χ3n) is 6.71. The molecule has 2 atom stereocenters. The molecule has 1 saturated carbocycles. The Bertz CT molecular complexity index is 1170. The number of hydrogen-bond donors (Lipinski definition) is 2. The van der Waals surface area contributed by atoms with Gasteiger partial charge < -0.3 is 24.5 Å².